The van der Waals surface area contributed by atoms with Gasteiger partial charge in [-0.25, -0.2) is 8.42 Å². The summed E-state index contributed by atoms with van der Waals surface area (Å²) in [5, 5.41) is 11.4. The molecule has 2 unspecified atom stereocenters. The van der Waals surface area contributed by atoms with E-state index in [1.54, 1.807) is 0 Å². The zero-order valence-electron chi connectivity index (χ0n) is 11.4. The van der Waals surface area contributed by atoms with Crippen molar-refractivity contribution in [1.29, 1.82) is 0 Å². The molecular formula is C12H21N3O3S. The summed E-state index contributed by atoms with van der Waals surface area (Å²) in [5.74, 6) is 1.26. The van der Waals surface area contributed by atoms with Gasteiger partial charge in [-0.15, -0.1) is 10.2 Å². The molecule has 0 amide bonds. The lowest BCUT2D eigenvalue weighted by molar-refractivity contribution is 0.362. The van der Waals surface area contributed by atoms with Gasteiger partial charge in [0.15, 0.2) is 9.84 Å². The topological polar surface area (TPSA) is 85.1 Å². The molecule has 2 heterocycles. The zero-order chi connectivity index (χ0) is 13.9. The minimum atomic E-state index is -2.92. The molecule has 1 aromatic heterocycles. The van der Waals surface area contributed by atoms with E-state index >= 15 is 0 Å². The fourth-order valence-electron chi connectivity index (χ4n) is 2.27. The lowest BCUT2D eigenvalue weighted by Crippen LogP contribution is -2.21. The second-order valence-electron chi connectivity index (χ2n) is 4.99. The maximum Gasteiger partial charge on any atom is 0.233 e. The van der Waals surface area contributed by atoms with Crippen molar-refractivity contribution in [3.63, 3.8) is 0 Å². The van der Waals surface area contributed by atoms with E-state index in [1.807, 2.05) is 0 Å². The third-order valence-electron chi connectivity index (χ3n) is 3.39. The molecular weight excluding hydrogens is 266 g/mol. The van der Waals surface area contributed by atoms with Gasteiger partial charge >= 0.3 is 0 Å². The van der Waals surface area contributed by atoms with Gasteiger partial charge in [0.1, 0.15) is 0 Å². The predicted octanol–water partition coefficient (Wildman–Crippen LogP) is 1.42. The van der Waals surface area contributed by atoms with Crippen LogP contribution in [0.3, 0.4) is 0 Å². The van der Waals surface area contributed by atoms with E-state index in [4.69, 9.17) is 4.42 Å². The molecule has 1 N–H and O–H groups in total. The first-order chi connectivity index (χ1) is 9.05. The predicted molar refractivity (Wildman–Crippen MR) is 71.6 cm³/mol. The summed E-state index contributed by atoms with van der Waals surface area (Å²) in [4.78, 5) is 0. The van der Waals surface area contributed by atoms with E-state index < -0.39 is 9.84 Å². The van der Waals surface area contributed by atoms with Crippen molar-refractivity contribution in [2.45, 2.75) is 45.1 Å². The normalized spacial score (nSPS) is 23.6. The minimum absolute atomic E-state index is 0.0548. The minimum Gasteiger partial charge on any atom is -0.423 e. The molecule has 1 saturated heterocycles. The molecule has 19 heavy (non-hydrogen) atoms. The van der Waals surface area contributed by atoms with Crippen LogP contribution in [0.1, 0.15) is 56.9 Å². The Kier molecular flexibility index (Phi) is 4.57. The van der Waals surface area contributed by atoms with Crippen molar-refractivity contribution < 1.29 is 12.8 Å². The number of sulfone groups is 1. The van der Waals surface area contributed by atoms with E-state index in [9.17, 15) is 8.42 Å². The molecule has 1 aliphatic heterocycles. The molecule has 0 radical (unpaired) electrons. The molecule has 0 saturated carbocycles. The molecule has 0 spiro atoms. The van der Waals surface area contributed by atoms with Crippen LogP contribution in [0.4, 0.5) is 0 Å². The highest BCUT2D eigenvalue weighted by Crippen LogP contribution is 2.29. The van der Waals surface area contributed by atoms with Gasteiger partial charge in [-0.1, -0.05) is 13.8 Å². The first-order valence-corrected chi connectivity index (χ1v) is 8.65. The summed E-state index contributed by atoms with van der Waals surface area (Å²) in [7, 11) is -2.92. The summed E-state index contributed by atoms with van der Waals surface area (Å²) >= 11 is 0. The molecule has 108 valence electrons. The molecule has 1 fully saturated rings. The van der Waals surface area contributed by atoms with Crippen LogP contribution >= 0.6 is 0 Å². The number of rotatable bonds is 6. The smallest absolute Gasteiger partial charge is 0.233 e. The van der Waals surface area contributed by atoms with Gasteiger partial charge < -0.3 is 9.73 Å². The second-order valence-corrected chi connectivity index (χ2v) is 7.22. The van der Waals surface area contributed by atoms with Crippen LogP contribution in [-0.2, 0) is 9.84 Å². The Morgan fingerprint density at radius 3 is 2.79 bits per heavy atom. The Balaban J connectivity index is 2.06. The maximum absolute atomic E-state index is 11.5. The average Bonchev–Trinajstić information content (AvgIpc) is 2.97. The van der Waals surface area contributed by atoms with E-state index in [1.165, 1.54) is 0 Å². The quantitative estimate of drug-likeness (QED) is 0.851. The maximum atomic E-state index is 11.5. The lowest BCUT2D eigenvalue weighted by atomic mass is 10.1. The first-order valence-electron chi connectivity index (χ1n) is 6.82. The van der Waals surface area contributed by atoms with Gasteiger partial charge in [-0.05, 0) is 25.8 Å². The van der Waals surface area contributed by atoms with Crippen LogP contribution in [0.5, 0.6) is 0 Å². The molecule has 2 rings (SSSR count). The second kappa shape index (κ2) is 6.00. The van der Waals surface area contributed by atoms with E-state index in [2.05, 4.69) is 29.4 Å². The fourth-order valence-corrected chi connectivity index (χ4v) is 4.00. The SMILES string of the molecule is CCCNC(CC)c1nnc(C2CCS(=O)(=O)C2)o1. The van der Waals surface area contributed by atoms with Crippen LogP contribution in [0.25, 0.3) is 0 Å². The van der Waals surface area contributed by atoms with Gasteiger partial charge in [0.2, 0.25) is 11.8 Å². The highest BCUT2D eigenvalue weighted by atomic mass is 32.2. The number of hydrogen-bond acceptors (Lipinski definition) is 6. The van der Waals surface area contributed by atoms with Crippen molar-refractivity contribution >= 4 is 9.84 Å². The van der Waals surface area contributed by atoms with Crippen LogP contribution < -0.4 is 5.32 Å². The van der Waals surface area contributed by atoms with Crippen molar-refractivity contribution in [3.05, 3.63) is 11.8 Å². The van der Waals surface area contributed by atoms with Gasteiger partial charge in [0.25, 0.3) is 0 Å². The molecule has 0 aromatic carbocycles. The molecule has 0 bridgehead atoms. The van der Waals surface area contributed by atoms with Crippen molar-refractivity contribution in [1.82, 2.24) is 15.5 Å². The van der Waals surface area contributed by atoms with Crippen LogP contribution in [-0.4, -0.2) is 36.7 Å². The van der Waals surface area contributed by atoms with Gasteiger partial charge in [-0.2, -0.15) is 0 Å². The van der Waals surface area contributed by atoms with Crippen molar-refractivity contribution in [3.8, 4) is 0 Å². The molecule has 1 aromatic rings. The van der Waals surface area contributed by atoms with E-state index in [-0.39, 0.29) is 23.5 Å². The number of hydrogen-bond donors (Lipinski definition) is 1. The fraction of sp³-hybridized carbons (Fsp3) is 0.833. The highest BCUT2D eigenvalue weighted by Gasteiger charge is 2.33. The number of nitrogens with zero attached hydrogens (tertiary/aromatic N) is 2. The largest absolute Gasteiger partial charge is 0.423 e. The third-order valence-corrected chi connectivity index (χ3v) is 5.15. The Bertz CT molecular complexity index is 512. The summed E-state index contributed by atoms with van der Waals surface area (Å²) < 4.78 is 28.6. The third kappa shape index (κ3) is 3.54. The summed E-state index contributed by atoms with van der Waals surface area (Å²) in [6, 6.07) is 0.0548. The van der Waals surface area contributed by atoms with Gasteiger partial charge in [-0.3, -0.25) is 0 Å². The standard InChI is InChI=1S/C12H21N3O3S/c1-3-6-13-10(4-2)12-15-14-11(18-12)9-5-7-19(16,17)8-9/h9-10,13H,3-8H2,1-2H3. The molecule has 7 heteroatoms. The van der Waals surface area contributed by atoms with Gasteiger partial charge in [0.05, 0.1) is 23.5 Å². The molecule has 2 atom stereocenters. The Hall–Kier alpha value is -0.950. The average molecular weight is 287 g/mol. The Morgan fingerprint density at radius 2 is 2.21 bits per heavy atom. The molecule has 0 aliphatic carbocycles. The van der Waals surface area contributed by atoms with Crippen molar-refractivity contribution in [2.24, 2.45) is 0 Å². The first kappa shape index (κ1) is 14.5. The lowest BCUT2D eigenvalue weighted by Gasteiger charge is -2.11. The van der Waals surface area contributed by atoms with E-state index in [0.717, 1.165) is 19.4 Å². The number of aromatic nitrogens is 2. The van der Waals surface area contributed by atoms with Crippen LogP contribution in [0, 0.1) is 0 Å². The van der Waals surface area contributed by atoms with Gasteiger partial charge in [0, 0.05) is 0 Å². The van der Waals surface area contributed by atoms with Crippen molar-refractivity contribution in [2.75, 3.05) is 18.1 Å². The van der Waals surface area contributed by atoms with Crippen LogP contribution in [0.2, 0.25) is 0 Å². The Morgan fingerprint density at radius 1 is 1.42 bits per heavy atom. The zero-order valence-corrected chi connectivity index (χ0v) is 12.2. The van der Waals surface area contributed by atoms with Crippen LogP contribution in [0.15, 0.2) is 4.42 Å². The van der Waals surface area contributed by atoms with E-state index in [0.29, 0.717) is 18.2 Å². The monoisotopic (exact) mass is 287 g/mol. The highest BCUT2D eigenvalue weighted by molar-refractivity contribution is 7.91. The Labute approximate surface area is 113 Å². The summed E-state index contributed by atoms with van der Waals surface area (Å²) in [5.41, 5.74) is 0. The number of nitrogens with one attached hydrogen (secondary N) is 1. The summed E-state index contributed by atoms with van der Waals surface area (Å²) in [6.07, 6.45) is 2.49. The molecule has 1 aliphatic rings. The molecule has 6 nitrogen and oxygen atoms in total. The summed E-state index contributed by atoms with van der Waals surface area (Å²) in [6.45, 7) is 5.05.